The van der Waals surface area contributed by atoms with Crippen molar-refractivity contribution in [3.8, 4) is 16.9 Å². The van der Waals surface area contributed by atoms with Crippen LogP contribution in [0.2, 0.25) is 0 Å². The van der Waals surface area contributed by atoms with Crippen LogP contribution in [-0.4, -0.2) is 41.0 Å². The Morgan fingerprint density at radius 2 is 2.00 bits per heavy atom. The quantitative estimate of drug-likeness (QED) is 0.758. The van der Waals surface area contributed by atoms with Crippen LogP contribution in [0.4, 0.5) is 4.39 Å². The molecule has 0 radical (unpaired) electrons. The number of halogens is 1. The van der Waals surface area contributed by atoms with E-state index in [0.29, 0.717) is 11.7 Å². The van der Waals surface area contributed by atoms with Crippen molar-refractivity contribution in [2.45, 2.75) is 25.7 Å². The number of nitrogens with zero attached hydrogens (tertiary/aromatic N) is 2. The molecule has 27 heavy (non-hydrogen) atoms. The number of benzene rings is 1. The molecule has 1 N–H and O–H groups in total. The fraction of sp³-hybridized carbons (Fsp3) is 0.333. The number of carbonyl (C=O) groups is 1. The summed E-state index contributed by atoms with van der Waals surface area (Å²) in [4.78, 5) is 21.3. The average Bonchev–Trinajstić information content (AvgIpc) is 3.12. The number of methoxy groups -OCH3 is 1. The number of H-pyrrole nitrogens is 1. The van der Waals surface area contributed by atoms with E-state index >= 15 is 0 Å². The Balaban J connectivity index is 1.70. The summed E-state index contributed by atoms with van der Waals surface area (Å²) in [5, 5.41) is 0.992. The van der Waals surface area contributed by atoms with E-state index in [1.807, 2.05) is 11.0 Å². The van der Waals surface area contributed by atoms with Crippen molar-refractivity contribution in [1.82, 2.24) is 14.9 Å². The minimum absolute atomic E-state index is 0.137. The highest BCUT2D eigenvalue weighted by Crippen LogP contribution is 2.37. The molecule has 0 bridgehead atoms. The van der Waals surface area contributed by atoms with Crippen LogP contribution in [0.3, 0.4) is 0 Å². The van der Waals surface area contributed by atoms with Crippen LogP contribution in [-0.2, 0) is 4.79 Å². The molecule has 4 rings (SSSR count). The molecular weight excluding hydrogens is 345 g/mol. The molecule has 1 amide bonds. The number of likely N-dealkylation sites (tertiary alicyclic amines) is 1. The zero-order valence-electron chi connectivity index (χ0n) is 15.5. The van der Waals surface area contributed by atoms with Gasteiger partial charge in [-0.3, -0.25) is 4.79 Å². The van der Waals surface area contributed by atoms with E-state index in [9.17, 15) is 9.18 Å². The van der Waals surface area contributed by atoms with Gasteiger partial charge in [-0.25, -0.2) is 9.37 Å². The lowest BCUT2D eigenvalue weighted by Gasteiger charge is -2.30. The molecule has 0 saturated carbocycles. The average molecular weight is 367 g/mol. The summed E-state index contributed by atoms with van der Waals surface area (Å²) in [5.41, 5.74) is 3.74. The van der Waals surface area contributed by atoms with Gasteiger partial charge in [-0.15, -0.1) is 0 Å². The molecule has 1 fully saturated rings. The zero-order valence-corrected chi connectivity index (χ0v) is 15.5. The van der Waals surface area contributed by atoms with E-state index < -0.39 is 0 Å². The molecule has 0 aliphatic carbocycles. The number of rotatable bonds is 3. The Morgan fingerprint density at radius 1 is 1.22 bits per heavy atom. The Labute approximate surface area is 157 Å². The molecule has 3 heterocycles. The molecule has 0 unspecified atom stereocenters. The molecule has 1 saturated heterocycles. The van der Waals surface area contributed by atoms with E-state index in [1.165, 1.54) is 12.1 Å². The van der Waals surface area contributed by atoms with Crippen LogP contribution < -0.4 is 4.74 Å². The smallest absolute Gasteiger partial charge is 0.219 e. The maximum Gasteiger partial charge on any atom is 0.219 e. The van der Waals surface area contributed by atoms with E-state index in [-0.39, 0.29) is 11.7 Å². The van der Waals surface area contributed by atoms with Gasteiger partial charge in [0.2, 0.25) is 5.91 Å². The Kier molecular flexibility index (Phi) is 4.56. The second kappa shape index (κ2) is 7.02. The minimum atomic E-state index is -0.326. The number of hydrogen-bond donors (Lipinski definition) is 1. The van der Waals surface area contributed by atoms with Crippen LogP contribution in [0.5, 0.6) is 5.75 Å². The van der Waals surface area contributed by atoms with Crippen molar-refractivity contribution in [3.05, 3.63) is 48.0 Å². The first-order valence-corrected chi connectivity index (χ1v) is 9.14. The van der Waals surface area contributed by atoms with Crippen molar-refractivity contribution in [2.75, 3.05) is 20.2 Å². The van der Waals surface area contributed by atoms with E-state index in [4.69, 9.17) is 4.74 Å². The number of piperidine rings is 1. The summed E-state index contributed by atoms with van der Waals surface area (Å²) < 4.78 is 19.0. The van der Waals surface area contributed by atoms with Gasteiger partial charge < -0.3 is 14.6 Å². The van der Waals surface area contributed by atoms with Gasteiger partial charge in [0, 0.05) is 54.8 Å². The van der Waals surface area contributed by atoms with Gasteiger partial charge in [0.05, 0.1) is 7.11 Å². The highest BCUT2D eigenvalue weighted by molar-refractivity contribution is 5.95. The molecule has 2 aromatic heterocycles. The third-order valence-corrected chi connectivity index (χ3v) is 5.39. The standard InChI is InChI=1S/C21H22FN3O2/c1-13(26)25-9-6-14(7-10-25)19-12-18-16(5-8-23-21(18)24-19)17-4-3-15(22)11-20(17)27-2/h3-5,8,11-12,14H,6-7,9-10H2,1-2H3,(H,23,24). The number of aromatic amines is 1. The van der Waals surface area contributed by atoms with Crippen LogP contribution >= 0.6 is 0 Å². The van der Waals surface area contributed by atoms with Gasteiger partial charge in [0.25, 0.3) is 0 Å². The number of pyridine rings is 1. The summed E-state index contributed by atoms with van der Waals surface area (Å²) >= 11 is 0. The minimum Gasteiger partial charge on any atom is -0.496 e. The van der Waals surface area contributed by atoms with Crippen molar-refractivity contribution < 1.29 is 13.9 Å². The molecule has 6 heteroatoms. The molecule has 0 atom stereocenters. The highest BCUT2D eigenvalue weighted by atomic mass is 19.1. The van der Waals surface area contributed by atoms with Crippen LogP contribution in [0.25, 0.3) is 22.2 Å². The maximum atomic E-state index is 13.6. The second-order valence-electron chi connectivity index (χ2n) is 6.97. The maximum absolute atomic E-state index is 13.6. The summed E-state index contributed by atoms with van der Waals surface area (Å²) in [7, 11) is 1.54. The van der Waals surface area contributed by atoms with Crippen molar-refractivity contribution in [1.29, 1.82) is 0 Å². The normalized spacial score (nSPS) is 15.3. The monoisotopic (exact) mass is 367 g/mol. The van der Waals surface area contributed by atoms with Gasteiger partial charge in [0.15, 0.2) is 0 Å². The third-order valence-electron chi connectivity index (χ3n) is 5.39. The lowest BCUT2D eigenvalue weighted by molar-refractivity contribution is -0.129. The first-order valence-electron chi connectivity index (χ1n) is 9.14. The Hall–Kier alpha value is -2.89. The zero-order chi connectivity index (χ0) is 19.0. The third kappa shape index (κ3) is 3.27. The van der Waals surface area contributed by atoms with Gasteiger partial charge in [-0.2, -0.15) is 0 Å². The molecule has 1 aliphatic rings. The van der Waals surface area contributed by atoms with Gasteiger partial charge in [-0.05, 0) is 42.7 Å². The fourth-order valence-electron chi connectivity index (χ4n) is 3.89. The number of nitrogens with one attached hydrogen (secondary N) is 1. The predicted molar refractivity (Wildman–Crippen MR) is 102 cm³/mol. The van der Waals surface area contributed by atoms with E-state index in [2.05, 4.69) is 16.0 Å². The number of carbonyl (C=O) groups excluding carboxylic acids is 1. The first kappa shape index (κ1) is 17.5. The molecule has 0 spiro atoms. The molecule has 3 aromatic rings. The number of ether oxygens (including phenoxy) is 1. The summed E-state index contributed by atoms with van der Waals surface area (Å²) in [6, 6.07) is 8.63. The lowest BCUT2D eigenvalue weighted by atomic mass is 9.93. The summed E-state index contributed by atoms with van der Waals surface area (Å²) in [5.74, 6) is 0.683. The van der Waals surface area contributed by atoms with Crippen molar-refractivity contribution >= 4 is 16.9 Å². The number of aromatic nitrogens is 2. The molecule has 1 aromatic carbocycles. The summed E-state index contributed by atoms with van der Waals surface area (Å²) in [6.07, 6.45) is 3.61. The van der Waals surface area contributed by atoms with Crippen molar-refractivity contribution in [2.24, 2.45) is 0 Å². The largest absolute Gasteiger partial charge is 0.496 e. The predicted octanol–water partition coefficient (Wildman–Crippen LogP) is 4.10. The number of fused-ring (bicyclic) bond motifs is 1. The molecule has 5 nitrogen and oxygen atoms in total. The second-order valence-corrected chi connectivity index (χ2v) is 6.97. The SMILES string of the molecule is COc1cc(F)ccc1-c1ccnc2[nH]c(C3CCN(C(C)=O)CC3)cc12. The van der Waals surface area contributed by atoms with Crippen LogP contribution in [0, 0.1) is 5.82 Å². The topological polar surface area (TPSA) is 58.2 Å². The van der Waals surface area contributed by atoms with Gasteiger partial charge >= 0.3 is 0 Å². The van der Waals surface area contributed by atoms with Crippen molar-refractivity contribution in [3.63, 3.8) is 0 Å². The van der Waals surface area contributed by atoms with Gasteiger partial charge in [0.1, 0.15) is 17.2 Å². The first-order chi connectivity index (χ1) is 13.1. The lowest BCUT2D eigenvalue weighted by Crippen LogP contribution is -2.36. The van der Waals surface area contributed by atoms with E-state index in [1.54, 1.807) is 26.3 Å². The number of amides is 1. The summed E-state index contributed by atoms with van der Waals surface area (Å²) in [6.45, 7) is 3.18. The highest BCUT2D eigenvalue weighted by Gasteiger charge is 2.24. The fourth-order valence-corrected chi connectivity index (χ4v) is 3.89. The Morgan fingerprint density at radius 3 is 2.70 bits per heavy atom. The number of hydrogen-bond acceptors (Lipinski definition) is 3. The van der Waals surface area contributed by atoms with E-state index in [0.717, 1.165) is 53.8 Å². The van der Waals surface area contributed by atoms with Gasteiger partial charge in [-0.1, -0.05) is 0 Å². The van der Waals surface area contributed by atoms with Crippen LogP contribution in [0.15, 0.2) is 36.5 Å². The molecular formula is C21H22FN3O2. The Bertz CT molecular complexity index is 990. The van der Waals surface area contributed by atoms with Crippen LogP contribution in [0.1, 0.15) is 31.4 Å². The molecule has 1 aliphatic heterocycles. The molecule has 140 valence electrons.